The molecule has 0 spiro atoms. The second-order valence-electron chi connectivity index (χ2n) is 9.18. The first-order valence-electron chi connectivity index (χ1n) is 9.96. The Bertz CT molecular complexity index is 840. The molecule has 28 heavy (non-hydrogen) atoms. The molecule has 2 aromatic rings. The highest BCUT2D eigenvalue weighted by molar-refractivity contribution is 5.95. The highest BCUT2D eigenvalue weighted by Crippen LogP contribution is 2.53. The second kappa shape index (κ2) is 7.11. The number of pyridine rings is 1. The molecule has 150 valence electrons. The normalized spacial score (nSPS) is 23.5. The zero-order valence-electron chi connectivity index (χ0n) is 16.7. The van der Waals surface area contributed by atoms with Gasteiger partial charge in [-0.1, -0.05) is 20.8 Å². The summed E-state index contributed by atoms with van der Waals surface area (Å²) in [5.41, 5.74) is 0.712. The third-order valence-corrected chi connectivity index (χ3v) is 5.74. The predicted molar refractivity (Wildman–Crippen MR) is 106 cm³/mol. The van der Waals surface area contributed by atoms with Crippen LogP contribution in [-0.2, 0) is 0 Å². The number of hydrogen-bond donors (Lipinski definition) is 2. The number of carbonyl (C=O) groups excluding carboxylic acids is 2. The summed E-state index contributed by atoms with van der Waals surface area (Å²) in [4.78, 5) is 30.4. The Morgan fingerprint density at radius 1 is 1.25 bits per heavy atom. The van der Waals surface area contributed by atoms with Crippen molar-refractivity contribution >= 4 is 22.9 Å². The Morgan fingerprint density at radius 2 is 2.00 bits per heavy atom. The number of furan rings is 1. The van der Waals surface area contributed by atoms with Gasteiger partial charge in [0.1, 0.15) is 0 Å². The van der Waals surface area contributed by atoms with E-state index in [1.165, 1.54) is 0 Å². The minimum absolute atomic E-state index is 0.0496. The van der Waals surface area contributed by atoms with Gasteiger partial charge in [0, 0.05) is 37.8 Å². The maximum atomic E-state index is 12.3. The number of nitrogens with one attached hydrogen (secondary N) is 2. The van der Waals surface area contributed by atoms with E-state index < -0.39 is 0 Å². The summed E-state index contributed by atoms with van der Waals surface area (Å²) in [5.74, 6) is 1.89. The van der Waals surface area contributed by atoms with Crippen molar-refractivity contribution in [2.75, 3.05) is 26.2 Å². The molecule has 0 aromatic carbocycles. The SMILES string of the molecule is CC(C)(C)CNC(=O)N1C[C@@H]2[C@@H](CCNC(=O)c3cc4ccncc4o3)[C@@H]2C1. The molecule has 7 nitrogen and oxygen atoms in total. The largest absolute Gasteiger partial charge is 0.449 e. The van der Waals surface area contributed by atoms with Crippen molar-refractivity contribution in [2.45, 2.75) is 27.2 Å². The van der Waals surface area contributed by atoms with Gasteiger partial charge in [0.2, 0.25) is 0 Å². The highest BCUT2D eigenvalue weighted by Gasteiger charge is 2.55. The van der Waals surface area contributed by atoms with Gasteiger partial charge in [-0.2, -0.15) is 0 Å². The fraction of sp³-hybridized carbons (Fsp3) is 0.571. The van der Waals surface area contributed by atoms with Gasteiger partial charge in [0.05, 0.1) is 6.20 Å². The monoisotopic (exact) mass is 384 g/mol. The number of amides is 3. The van der Waals surface area contributed by atoms with E-state index in [0.717, 1.165) is 24.9 Å². The van der Waals surface area contributed by atoms with Crippen molar-refractivity contribution in [1.29, 1.82) is 0 Å². The van der Waals surface area contributed by atoms with E-state index in [1.807, 2.05) is 11.0 Å². The molecule has 1 aliphatic carbocycles. The third-order valence-electron chi connectivity index (χ3n) is 5.74. The number of piperidine rings is 1. The molecule has 0 unspecified atom stereocenters. The smallest absolute Gasteiger partial charge is 0.317 e. The number of likely N-dealkylation sites (tertiary alicyclic amines) is 1. The topological polar surface area (TPSA) is 87.5 Å². The average Bonchev–Trinajstić information content (AvgIpc) is 3.04. The van der Waals surface area contributed by atoms with Gasteiger partial charge in [0.25, 0.3) is 5.91 Å². The van der Waals surface area contributed by atoms with Crippen molar-refractivity contribution in [2.24, 2.45) is 23.2 Å². The molecule has 1 aliphatic heterocycles. The predicted octanol–water partition coefficient (Wildman–Crippen LogP) is 2.88. The van der Waals surface area contributed by atoms with E-state index in [2.05, 4.69) is 36.4 Å². The Morgan fingerprint density at radius 3 is 2.68 bits per heavy atom. The van der Waals surface area contributed by atoms with Crippen LogP contribution in [0.5, 0.6) is 0 Å². The molecule has 3 amide bonds. The zero-order chi connectivity index (χ0) is 19.9. The zero-order valence-corrected chi connectivity index (χ0v) is 16.7. The van der Waals surface area contributed by atoms with Crippen LogP contribution in [0, 0.1) is 23.2 Å². The number of urea groups is 1. The van der Waals surface area contributed by atoms with Crippen LogP contribution in [0.3, 0.4) is 0 Å². The summed E-state index contributed by atoms with van der Waals surface area (Å²) in [6.45, 7) is 9.31. The van der Waals surface area contributed by atoms with Crippen LogP contribution in [0.1, 0.15) is 37.7 Å². The first kappa shape index (κ1) is 18.8. The molecular formula is C21H28N4O3. The van der Waals surface area contributed by atoms with Gasteiger partial charge in [-0.05, 0) is 41.7 Å². The van der Waals surface area contributed by atoms with Crippen molar-refractivity contribution < 1.29 is 14.0 Å². The molecule has 0 bridgehead atoms. The Labute approximate surface area is 164 Å². The van der Waals surface area contributed by atoms with Crippen LogP contribution >= 0.6 is 0 Å². The number of fused-ring (bicyclic) bond motifs is 2. The molecule has 2 aliphatic rings. The summed E-state index contributed by atoms with van der Waals surface area (Å²) >= 11 is 0. The lowest BCUT2D eigenvalue weighted by atomic mass is 9.97. The number of nitrogens with zero attached hydrogens (tertiary/aromatic N) is 2. The van der Waals surface area contributed by atoms with E-state index in [0.29, 0.717) is 42.2 Å². The molecule has 1 saturated heterocycles. The molecule has 3 atom stereocenters. The lowest BCUT2D eigenvalue weighted by molar-refractivity contribution is 0.0926. The van der Waals surface area contributed by atoms with E-state index in [1.54, 1.807) is 18.5 Å². The van der Waals surface area contributed by atoms with Crippen LogP contribution in [-0.4, -0.2) is 48.0 Å². The molecule has 3 heterocycles. The minimum Gasteiger partial charge on any atom is -0.449 e. The molecule has 2 N–H and O–H groups in total. The van der Waals surface area contributed by atoms with Crippen LogP contribution in [0.4, 0.5) is 4.79 Å². The van der Waals surface area contributed by atoms with Gasteiger partial charge < -0.3 is 20.0 Å². The average molecular weight is 384 g/mol. The van der Waals surface area contributed by atoms with Crippen molar-refractivity contribution in [1.82, 2.24) is 20.5 Å². The fourth-order valence-corrected chi connectivity index (χ4v) is 4.13. The Hall–Kier alpha value is -2.57. The first-order valence-corrected chi connectivity index (χ1v) is 9.96. The fourth-order valence-electron chi connectivity index (χ4n) is 4.13. The van der Waals surface area contributed by atoms with Gasteiger partial charge in [-0.3, -0.25) is 9.78 Å². The molecule has 1 saturated carbocycles. The van der Waals surface area contributed by atoms with E-state index in [4.69, 9.17) is 4.42 Å². The maximum Gasteiger partial charge on any atom is 0.317 e. The molecule has 2 fully saturated rings. The summed E-state index contributed by atoms with van der Waals surface area (Å²) in [7, 11) is 0. The van der Waals surface area contributed by atoms with Gasteiger partial charge >= 0.3 is 6.03 Å². The number of hydrogen-bond acceptors (Lipinski definition) is 4. The van der Waals surface area contributed by atoms with E-state index >= 15 is 0 Å². The van der Waals surface area contributed by atoms with Gasteiger partial charge in [-0.25, -0.2) is 4.79 Å². The maximum absolute atomic E-state index is 12.3. The van der Waals surface area contributed by atoms with Gasteiger partial charge in [0.15, 0.2) is 11.3 Å². The summed E-state index contributed by atoms with van der Waals surface area (Å²) in [6.07, 6.45) is 4.24. The van der Waals surface area contributed by atoms with Crippen LogP contribution in [0.15, 0.2) is 28.9 Å². The molecule has 4 rings (SSSR count). The number of rotatable bonds is 5. The van der Waals surface area contributed by atoms with Crippen LogP contribution < -0.4 is 10.6 Å². The summed E-state index contributed by atoms with van der Waals surface area (Å²) < 4.78 is 5.54. The Balaban J connectivity index is 1.18. The quantitative estimate of drug-likeness (QED) is 0.830. The van der Waals surface area contributed by atoms with Gasteiger partial charge in [-0.15, -0.1) is 0 Å². The first-order chi connectivity index (χ1) is 13.3. The van der Waals surface area contributed by atoms with Crippen molar-refractivity contribution in [3.63, 3.8) is 0 Å². The standard InChI is InChI=1S/C21H28N4O3/c1-21(2,3)12-24-20(27)25-10-15-14(16(15)11-25)5-7-23-19(26)17-8-13-4-6-22-9-18(13)28-17/h4,6,8-9,14-16H,5,7,10-12H2,1-3H3,(H,23,26)(H,24,27)/t14-,15-,16+. The Kier molecular flexibility index (Phi) is 4.77. The minimum atomic E-state index is -0.190. The third kappa shape index (κ3) is 3.98. The van der Waals surface area contributed by atoms with E-state index in [9.17, 15) is 9.59 Å². The summed E-state index contributed by atoms with van der Waals surface area (Å²) in [6, 6.07) is 3.62. The number of carbonyl (C=O) groups is 2. The molecule has 0 radical (unpaired) electrons. The van der Waals surface area contributed by atoms with Crippen molar-refractivity contribution in [3.8, 4) is 0 Å². The highest BCUT2D eigenvalue weighted by atomic mass is 16.3. The molecular weight excluding hydrogens is 356 g/mol. The van der Waals surface area contributed by atoms with Crippen LogP contribution in [0.2, 0.25) is 0 Å². The van der Waals surface area contributed by atoms with Crippen molar-refractivity contribution in [3.05, 3.63) is 30.3 Å². The lowest BCUT2D eigenvalue weighted by Crippen LogP contribution is -2.43. The number of aromatic nitrogens is 1. The molecule has 7 heteroatoms. The molecule has 2 aromatic heterocycles. The lowest BCUT2D eigenvalue weighted by Gasteiger charge is -2.24. The summed E-state index contributed by atoms with van der Waals surface area (Å²) in [5, 5.41) is 6.84. The van der Waals surface area contributed by atoms with E-state index in [-0.39, 0.29) is 17.4 Å². The van der Waals surface area contributed by atoms with Crippen LogP contribution in [0.25, 0.3) is 11.0 Å². The second-order valence-corrected chi connectivity index (χ2v) is 9.18.